The molecule has 2 aromatic rings. The minimum atomic E-state index is -0.474. The zero-order valence-electron chi connectivity index (χ0n) is 14.2. The minimum Gasteiger partial charge on any atom is -0.494 e. The first kappa shape index (κ1) is 17.1. The van der Waals surface area contributed by atoms with Crippen molar-refractivity contribution in [2.45, 2.75) is 26.1 Å². The summed E-state index contributed by atoms with van der Waals surface area (Å²) in [6.45, 7) is 4.16. The molecule has 26 heavy (non-hydrogen) atoms. The van der Waals surface area contributed by atoms with E-state index < -0.39 is 6.23 Å². The van der Waals surface area contributed by atoms with Gasteiger partial charge in [-0.15, -0.1) is 0 Å². The van der Waals surface area contributed by atoms with Crippen molar-refractivity contribution < 1.29 is 9.84 Å². The van der Waals surface area contributed by atoms with Gasteiger partial charge in [-0.1, -0.05) is 29.8 Å². The number of hydrogen-bond donors (Lipinski definition) is 5. The summed E-state index contributed by atoms with van der Waals surface area (Å²) in [5, 5.41) is 29.3. The molecule has 0 radical (unpaired) electrons. The van der Waals surface area contributed by atoms with Crippen LogP contribution in [0.4, 0.5) is 0 Å². The van der Waals surface area contributed by atoms with Gasteiger partial charge in [-0.25, -0.2) is 5.43 Å². The highest BCUT2D eigenvalue weighted by molar-refractivity contribution is 9.10. The number of aromatic hydroxyl groups is 1. The maximum absolute atomic E-state index is 10.7. The Morgan fingerprint density at radius 1 is 1.35 bits per heavy atom. The summed E-state index contributed by atoms with van der Waals surface area (Å²) in [6, 6.07) is 7.74. The van der Waals surface area contributed by atoms with Crippen LogP contribution in [0.3, 0.4) is 0 Å². The number of H-pyrrole nitrogens is 1. The van der Waals surface area contributed by atoms with Crippen LogP contribution < -0.4 is 10.9 Å². The Labute approximate surface area is 158 Å². The third-order valence-corrected chi connectivity index (χ3v) is 5.51. The quantitative estimate of drug-likeness (QED) is 0.516. The van der Waals surface area contributed by atoms with Gasteiger partial charge in [0.2, 0.25) is 5.90 Å². The van der Waals surface area contributed by atoms with E-state index >= 15 is 0 Å². The van der Waals surface area contributed by atoms with Crippen molar-refractivity contribution in [3.8, 4) is 11.9 Å². The number of nitrogens with one attached hydrogen (secondary N) is 4. The van der Waals surface area contributed by atoms with Crippen molar-refractivity contribution in [2.75, 3.05) is 0 Å². The molecule has 1 aromatic heterocycles. The van der Waals surface area contributed by atoms with E-state index in [0.717, 1.165) is 15.4 Å². The van der Waals surface area contributed by atoms with E-state index in [1.807, 2.05) is 18.2 Å². The highest BCUT2D eigenvalue weighted by atomic mass is 79.9. The molecular formula is C18H18BrN5O2. The summed E-state index contributed by atoms with van der Waals surface area (Å²) in [6.07, 6.45) is -0.474. The fourth-order valence-electron chi connectivity index (χ4n) is 3.86. The molecule has 7 nitrogen and oxygen atoms in total. The number of ether oxygens (including phenoxy) is 1. The Morgan fingerprint density at radius 3 is 2.81 bits per heavy atom. The van der Waals surface area contributed by atoms with Crippen LogP contribution in [0.15, 0.2) is 28.2 Å². The van der Waals surface area contributed by atoms with Crippen molar-refractivity contribution in [2.24, 2.45) is 11.8 Å². The predicted octanol–water partition coefficient (Wildman–Crippen LogP) is 3.00. The van der Waals surface area contributed by atoms with Gasteiger partial charge in [0, 0.05) is 27.0 Å². The minimum absolute atomic E-state index is 0.0105. The molecule has 134 valence electrons. The molecule has 1 saturated heterocycles. The topological polar surface area (TPSA) is 117 Å². The first-order chi connectivity index (χ1) is 12.4. The number of aromatic nitrogens is 1. The first-order valence-corrected chi connectivity index (χ1v) is 9.13. The number of hydrazine groups is 1. The van der Waals surface area contributed by atoms with E-state index in [1.54, 1.807) is 0 Å². The molecule has 3 unspecified atom stereocenters. The number of nitriles is 1. The lowest BCUT2D eigenvalue weighted by atomic mass is 9.78. The lowest BCUT2D eigenvalue weighted by molar-refractivity contribution is 0.133. The van der Waals surface area contributed by atoms with Gasteiger partial charge in [0.05, 0.1) is 5.92 Å². The summed E-state index contributed by atoms with van der Waals surface area (Å²) >= 11 is 3.47. The zero-order chi connectivity index (χ0) is 18.6. The first-order valence-electron chi connectivity index (χ1n) is 8.33. The molecule has 0 aliphatic carbocycles. The second kappa shape index (κ2) is 6.13. The van der Waals surface area contributed by atoms with Crippen LogP contribution in [0.2, 0.25) is 0 Å². The van der Waals surface area contributed by atoms with Crippen molar-refractivity contribution in [3.05, 3.63) is 33.8 Å². The molecule has 0 bridgehead atoms. The van der Waals surface area contributed by atoms with Gasteiger partial charge in [-0.2, -0.15) is 5.26 Å². The number of nitrogens with zero attached hydrogens (tertiary/aromatic N) is 1. The number of benzene rings is 1. The summed E-state index contributed by atoms with van der Waals surface area (Å²) in [5.74, 6) is -0.167. The smallest absolute Gasteiger partial charge is 0.226 e. The second-order valence-corrected chi connectivity index (χ2v) is 7.81. The predicted molar refractivity (Wildman–Crippen MR) is 101 cm³/mol. The number of halogens is 1. The van der Waals surface area contributed by atoms with Crippen LogP contribution in [0, 0.1) is 28.6 Å². The Hall–Kier alpha value is -2.34. The molecular weight excluding hydrogens is 398 g/mol. The summed E-state index contributed by atoms with van der Waals surface area (Å²) in [7, 11) is 0. The molecule has 8 heteroatoms. The maximum Gasteiger partial charge on any atom is 0.226 e. The van der Waals surface area contributed by atoms with Gasteiger partial charge in [0.25, 0.3) is 0 Å². The van der Waals surface area contributed by atoms with Gasteiger partial charge < -0.3 is 14.8 Å². The van der Waals surface area contributed by atoms with Crippen molar-refractivity contribution >= 4 is 38.3 Å². The number of rotatable bonds is 2. The highest BCUT2D eigenvalue weighted by Gasteiger charge is 2.48. The monoisotopic (exact) mass is 415 g/mol. The molecule has 1 fully saturated rings. The molecule has 3 atom stereocenters. The van der Waals surface area contributed by atoms with Crippen molar-refractivity contribution in [1.82, 2.24) is 15.8 Å². The number of hydrogen-bond acceptors (Lipinski definition) is 6. The molecule has 0 saturated carbocycles. The van der Waals surface area contributed by atoms with E-state index in [0.29, 0.717) is 11.1 Å². The third-order valence-electron chi connectivity index (χ3n) is 5.02. The molecule has 5 N–H and O–H groups in total. The molecule has 3 heterocycles. The molecule has 2 aliphatic rings. The largest absolute Gasteiger partial charge is 0.494 e. The SMILES string of the molecule is CC(C)C1NNC2OC(=N)C(C#N)=C(c3c(O)[nH]c4ccc(Br)cc34)C21. The standard InChI is InChI=1S/C18H18BrN5O2/c1-7(2)15-14-12(10(6-20)16(21)26-18(14)24-23-15)13-9-5-8(19)3-4-11(9)22-17(13)25/h3-5,7,14-15,18,21-25H,1-2H3. The van der Waals surface area contributed by atoms with E-state index in [1.165, 1.54) is 0 Å². The molecule has 1 aromatic carbocycles. The summed E-state index contributed by atoms with van der Waals surface area (Å²) < 4.78 is 6.49. The Balaban J connectivity index is 2.03. The molecule has 0 amide bonds. The Bertz CT molecular complexity index is 987. The van der Waals surface area contributed by atoms with E-state index in [-0.39, 0.29) is 35.2 Å². The van der Waals surface area contributed by atoms with Gasteiger partial charge >= 0.3 is 0 Å². The molecule has 2 aliphatic heterocycles. The van der Waals surface area contributed by atoms with Crippen LogP contribution in [-0.2, 0) is 4.74 Å². The Kier molecular flexibility index (Phi) is 4.03. The van der Waals surface area contributed by atoms with E-state index in [9.17, 15) is 10.4 Å². The number of aromatic amines is 1. The molecule has 4 rings (SSSR count). The lowest BCUT2D eigenvalue weighted by Crippen LogP contribution is -2.39. The van der Waals surface area contributed by atoms with E-state index in [2.05, 4.69) is 51.7 Å². The van der Waals surface area contributed by atoms with Crippen LogP contribution in [-0.4, -0.2) is 28.3 Å². The fourth-order valence-corrected chi connectivity index (χ4v) is 4.22. The van der Waals surface area contributed by atoms with Crippen LogP contribution >= 0.6 is 15.9 Å². The number of fused-ring (bicyclic) bond motifs is 2. The van der Waals surface area contributed by atoms with Crippen LogP contribution in [0.25, 0.3) is 16.5 Å². The molecule has 0 spiro atoms. The highest BCUT2D eigenvalue weighted by Crippen LogP contribution is 2.46. The van der Waals surface area contributed by atoms with Gasteiger partial charge in [0.1, 0.15) is 11.6 Å². The maximum atomic E-state index is 10.7. The fraction of sp³-hybridized carbons (Fsp3) is 0.333. The van der Waals surface area contributed by atoms with Crippen molar-refractivity contribution in [1.29, 1.82) is 10.7 Å². The van der Waals surface area contributed by atoms with Crippen molar-refractivity contribution in [3.63, 3.8) is 0 Å². The van der Waals surface area contributed by atoms with Gasteiger partial charge in [-0.3, -0.25) is 10.8 Å². The Morgan fingerprint density at radius 2 is 2.12 bits per heavy atom. The third kappa shape index (κ3) is 2.43. The lowest BCUT2D eigenvalue weighted by Gasteiger charge is -2.32. The van der Waals surface area contributed by atoms with Crippen LogP contribution in [0.1, 0.15) is 19.4 Å². The van der Waals surface area contributed by atoms with Crippen LogP contribution in [0.5, 0.6) is 5.88 Å². The average molecular weight is 416 g/mol. The normalized spacial score (nSPS) is 25.5. The van der Waals surface area contributed by atoms with Gasteiger partial charge in [-0.05, 0) is 29.7 Å². The summed E-state index contributed by atoms with van der Waals surface area (Å²) in [4.78, 5) is 2.97. The zero-order valence-corrected chi connectivity index (χ0v) is 15.8. The van der Waals surface area contributed by atoms with E-state index in [4.69, 9.17) is 10.1 Å². The van der Waals surface area contributed by atoms with Gasteiger partial charge in [0.15, 0.2) is 12.1 Å². The average Bonchev–Trinajstić information content (AvgIpc) is 3.14. The summed E-state index contributed by atoms with van der Waals surface area (Å²) in [5.41, 5.74) is 8.40. The second-order valence-electron chi connectivity index (χ2n) is 6.89.